The number of aliphatic hydroxyl groups excluding tert-OH is 1. The van der Waals surface area contributed by atoms with Crippen LogP contribution in [-0.2, 0) is 27.4 Å². The van der Waals surface area contributed by atoms with E-state index in [4.69, 9.17) is 44.3 Å². The van der Waals surface area contributed by atoms with Gasteiger partial charge in [0.05, 0.1) is 18.8 Å². The fraction of sp³-hybridized carbons (Fsp3) is 0.457. The summed E-state index contributed by atoms with van der Waals surface area (Å²) in [6.07, 6.45) is 5.64. The third-order valence-corrected chi connectivity index (χ3v) is 9.15. The smallest absolute Gasteiger partial charge is 0.272 e. The Balaban J connectivity index is 1.38. The number of nitrogens with zero attached hydrogens (tertiary/aromatic N) is 1. The van der Waals surface area contributed by atoms with Crippen molar-refractivity contribution in [3.05, 3.63) is 95.1 Å². The topological polar surface area (TPSA) is 71.0 Å². The molecule has 1 amide bonds. The molecule has 5 rings (SSSR count). The van der Waals surface area contributed by atoms with E-state index in [1.807, 2.05) is 48.5 Å². The maximum Gasteiger partial charge on any atom is 0.272 e. The van der Waals surface area contributed by atoms with Gasteiger partial charge in [-0.15, -0.1) is 0 Å². The standard InChI is InChI=1S/C35H41Cl3N2O4/c1-24-31(22-40-17-5-3-2-4-6-18-40)43-33(44-32(24)27-15-13-25(23-41)14-16-27)30-12-8-11-29(20-30)28-10-7-9-26(19-28)21-39-34(42)35(36,37)38/h7-16,19-20,24,31-33,41H,2-6,17-18,21-23H2,1H3,(H,39,42)/t24-,31+,32+,33+/m0/s1. The third kappa shape index (κ3) is 8.76. The number of aliphatic hydroxyl groups is 1. The number of carbonyl (C=O) groups excluding carboxylic acids is 1. The van der Waals surface area contributed by atoms with Gasteiger partial charge >= 0.3 is 0 Å². The van der Waals surface area contributed by atoms with E-state index < -0.39 is 16.0 Å². The van der Waals surface area contributed by atoms with Crippen LogP contribution in [0, 0.1) is 5.92 Å². The molecule has 2 N–H and O–H groups in total. The third-order valence-electron chi connectivity index (χ3n) is 8.64. The highest BCUT2D eigenvalue weighted by atomic mass is 35.6. The first-order chi connectivity index (χ1) is 21.2. The summed E-state index contributed by atoms with van der Waals surface area (Å²) in [4.78, 5) is 14.6. The van der Waals surface area contributed by atoms with Crippen molar-refractivity contribution < 1.29 is 19.4 Å². The lowest BCUT2D eigenvalue weighted by molar-refractivity contribution is -0.276. The molecule has 44 heavy (non-hydrogen) atoms. The summed E-state index contributed by atoms with van der Waals surface area (Å²) in [5.74, 6) is -0.527. The molecule has 0 aromatic heterocycles. The Hall–Kier alpha value is -2.16. The van der Waals surface area contributed by atoms with Gasteiger partial charge in [-0.2, -0.15) is 0 Å². The van der Waals surface area contributed by atoms with Gasteiger partial charge < -0.3 is 24.8 Å². The van der Waals surface area contributed by atoms with E-state index in [1.54, 1.807) is 0 Å². The number of alkyl halides is 3. The SMILES string of the molecule is C[C@H]1[C@@H](CN2CCCCCCC2)O[C@@H](c2cccc(-c3cccc(CNC(=O)C(Cl)(Cl)Cl)c3)c2)O[C@H]1c1ccc(CO)cc1. The van der Waals surface area contributed by atoms with Crippen LogP contribution >= 0.6 is 34.8 Å². The maximum absolute atomic E-state index is 12.0. The van der Waals surface area contributed by atoms with Crippen molar-refractivity contribution in [1.29, 1.82) is 0 Å². The molecule has 236 valence electrons. The maximum atomic E-state index is 12.0. The normalized spacial score (nSPS) is 23.5. The van der Waals surface area contributed by atoms with Crippen molar-refractivity contribution in [1.82, 2.24) is 10.2 Å². The van der Waals surface area contributed by atoms with Crippen LogP contribution in [0.5, 0.6) is 0 Å². The number of halogens is 3. The Morgan fingerprint density at radius 2 is 1.52 bits per heavy atom. The van der Waals surface area contributed by atoms with Gasteiger partial charge in [0.2, 0.25) is 0 Å². The molecule has 0 radical (unpaired) electrons. The van der Waals surface area contributed by atoms with Crippen LogP contribution in [0.25, 0.3) is 11.1 Å². The average molecular weight is 660 g/mol. The lowest BCUT2D eigenvalue weighted by atomic mass is 9.89. The van der Waals surface area contributed by atoms with Gasteiger partial charge in [-0.3, -0.25) is 4.79 Å². The first-order valence-corrected chi connectivity index (χ1v) is 16.6. The molecule has 2 aliphatic rings. The van der Waals surface area contributed by atoms with Gasteiger partial charge in [0.15, 0.2) is 6.29 Å². The molecule has 9 heteroatoms. The first kappa shape index (κ1) is 33.2. The Kier molecular flexibility index (Phi) is 11.6. The van der Waals surface area contributed by atoms with Crippen LogP contribution in [0.15, 0.2) is 72.8 Å². The zero-order valence-corrected chi connectivity index (χ0v) is 27.3. The second-order valence-electron chi connectivity index (χ2n) is 11.9. The number of carbonyl (C=O) groups is 1. The molecule has 2 aliphatic heterocycles. The quantitative estimate of drug-likeness (QED) is 0.241. The summed E-state index contributed by atoms with van der Waals surface area (Å²) in [6, 6.07) is 24.2. The van der Waals surface area contributed by atoms with Crippen LogP contribution < -0.4 is 5.32 Å². The molecule has 2 fully saturated rings. The van der Waals surface area contributed by atoms with Crippen molar-refractivity contribution in [2.75, 3.05) is 19.6 Å². The minimum Gasteiger partial charge on any atom is -0.392 e. The van der Waals surface area contributed by atoms with Gasteiger partial charge in [0, 0.05) is 24.6 Å². The largest absolute Gasteiger partial charge is 0.392 e. The lowest BCUT2D eigenvalue weighted by Gasteiger charge is -2.43. The molecule has 0 aliphatic carbocycles. The predicted molar refractivity (Wildman–Crippen MR) is 177 cm³/mol. The molecule has 0 saturated carbocycles. The van der Waals surface area contributed by atoms with Crippen molar-refractivity contribution in [3.8, 4) is 11.1 Å². The average Bonchev–Trinajstić information content (AvgIpc) is 3.01. The van der Waals surface area contributed by atoms with E-state index in [0.29, 0.717) is 0 Å². The number of benzene rings is 3. The Bertz CT molecular complexity index is 1370. The van der Waals surface area contributed by atoms with Crippen LogP contribution in [0.1, 0.15) is 73.7 Å². The molecule has 0 spiro atoms. The van der Waals surface area contributed by atoms with E-state index >= 15 is 0 Å². The number of amides is 1. The summed E-state index contributed by atoms with van der Waals surface area (Å²) in [7, 11) is 0. The second-order valence-corrected chi connectivity index (χ2v) is 14.2. The van der Waals surface area contributed by atoms with E-state index in [2.05, 4.69) is 41.4 Å². The highest BCUT2D eigenvalue weighted by Crippen LogP contribution is 2.42. The number of nitrogens with one attached hydrogen (secondary N) is 1. The van der Waals surface area contributed by atoms with E-state index in [9.17, 15) is 9.90 Å². The Labute approximate surface area is 275 Å². The van der Waals surface area contributed by atoms with Crippen LogP contribution in [0.4, 0.5) is 0 Å². The van der Waals surface area contributed by atoms with Gasteiger partial charge in [0.1, 0.15) is 0 Å². The molecule has 3 aromatic rings. The van der Waals surface area contributed by atoms with Gasteiger partial charge in [-0.25, -0.2) is 0 Å². The van der Waals surface area contributed by atoms with Crippen LogP contribution in [0.2, 0.25) is 0 Å². The number of rotatable bonds is 8. The van der Waals surface area contributed by atoms with Gasteiger partial charge in [-0.05, 0) is 65.9 Å². The number of hydrogen-bond donors (Lipinski definition) is 2. The first-order valence-electron chi connectivity index (χ1n) is 15.5. The molecule has 2 saturated heterocycles. The van der Waals surface area contributed by atoms with Crippen molar-refractivity contribution in [3.63, 3.8) is 0 Å². The second kappa shape index (κ2) is 15.4. The summed E-state index contributed by atoms with van der Waals surface area (Å²) < 4.78 is 11.5. The molecule has 0 unspecified atom stereocenters. The fourth-order valence-electron chi connectivity index (χ4n) is 6.09. The number of ether oxygens (including phenoxy) is 2. The molecule has 3 aromatic carbocycles. The molecule has 0 bridgehead atoms. The van der Waals surface area contributed by atoms with Crippen molar-refractivity contribution in [2.45, 2.75) is 74.5 Å². The van der Waals surface area contributed by atoms with E-state index in [1.165, 1.54) is 32.1 Å². The predicted octanol–water partition coefficient (Wildman–Crippen LogP) is 7.89. The summed E-state index contributed by atoms with van der Waals surface area (Å²) in [5.41, 5.74) is 5.79. The Morgan fingerprint density at radius 3 is 2.20 bits per heavy atom. The summed E-state index contributed by atoms with van der Waals surface area (Å²) in [6.45, 7) is 5.54. The van der Waals surface area contributed by atoms with E-state index in [-0.39, 0.29) is 31.3 Å². The minimum atomic E-state index is -2.01. The monoisotopic (exact) mass is 658 g/mol. The number of hydrogen-bond acceptors (Lipinski definition) is 5. The van der Waals surface area contributed by atoms with Crippen LogP contribution in [-0.4, -0.2) is 45.4 Å². The Morgan fingerprint density at radius 1 is 0.864 bits per heavy atom. The minimum absolute atomic E-state index is 0.00999. The highest BCUT2D eigenvalue weighted by molar-refractivity contribution is 6.76. The molecule has 4 atom stereocenters. The molecule has 2 heterocycles. The van der Waals surface area contributed by atoms with E-state index in [0.717, 1.165) is 53.0 Å². The zero-order chi connectivity index (χ0) is 31.1. The van der Waals surface area contributed by atoms with Crippen molar-refractivity contribution >= 4 is 40.7 Å². The lowest BCUT2D eigenvalue weighted by Crippen LogP contribution is -2.45. The molecular weight excluding hydrogens is 619 g/mol. The van der Waals surface area contributed by atoms with Crippen molar-refractivity contribution in [2.24, 2.45) is 5.92 Å². The van der Waals surface area contributed by atoms with Crippen LogP contribution in [0.3, 0.4) is 0 Å². The fourth-order valence-corrected chi connectivity index (χ4v) is 6.29. The molecule has 6 nitrogen and oxygen atoms in total. The van der Waals surface area contributed by atoms with Gasteiger partial charge in [-0.1, -0.05) is 122 Å². The zero-order valence-electron chi connectivity index (χ0n) is 25.1. The summed E-state index contributed by atoms with van der Waals surface area (Å²) >= 11 is 17.1. The van der Waals surface area contributed by atoms with Gasteiger partial charge in [0.25, 0.3) is 9.70 Å². The number of likely N-dealkylation sites (tertiary alicyclic amines) is 1. The summed E-state index contributed by atoms with van der Waals surface area (Å²) in [5, 5.41) is 12.2. The molecular formula is C35H41Cl3N2O4. The highest BCUT2D eigenvalue weighted by Gasteiger charge is 2.39.